The van der Waals surface area contributed by atoms with Gasteiger partial charge in [0.25, 0.3) is 0 Å². The number of hydrogen-bond donors (Lipinski definition) is 1. The van der Waals surface area contributed by atoms with E-state index in [1.165, 1.54) is 6.07 Å². The second kappa shape index (κ2) is 3.10. The van der Waals surface area contributed by atoms with Gasteiger partial charge in [0.1, 0.15) is 5.82 Å². The normalized spacial score (nSPS) is 14.8. The summed E-state index contributed by atoms with van der Waals surface area (Å²) in [6, 6.07) is 3.25. The van der Waals surface area contributed by atoms with Gasteiger partial charge in [0, 0.05) is 18.4 Å². The first-order chi connectivity index (χ1) is 6.22. The maximum Gasteiger partial charge on any atom is 0.148 e. The molecule has 0 aliphatic carbocycles. The Bertz CT molecular complexity index is 341. The Morgan fingerprint density at radius 1 is 1.62 bits per heavy atom. The van der Waals surface area contributed by atoms with Crippen LogP contribution in [0.2, 0.25) is 0 Å². The van der Waals surface area contributed by atoms with E-state index >= 15 is 0 Å². The molecule has 70 valence electrons. The van der Waals surface area contributed by atoms with Crippen LogP contribution in [-0.4, -0.2) is 6.54 Å². The van der Waals surface area contributed by atoms with Crippen LogP contribution < -0.4 is 10.0 Å². The molecule has 0 spiro atoms. The van der Waals surface area contributed by atoms with Crippen LogP contribution >= 0.6 is 11.9 Å². The van der Waals surface area contributed by atoms with Gasteiger partial charge in [-0.1, -0.05) is 0 Å². The molecular weight excluding hydrogens is 187 g/mol. The van der Waals surface area contributed by atoms with E-state index in [-0.39, 0.29) is 11.5 Å². The van der Waals surface area contributed by atoms with Crippen molar-refractivity contribution in [2.45, 2.75) is 12.7 Å². The molecule has 1 aliphatic heterocycles. The second-order valence-corrected chi connectivity index (χ2v) is 3.96. The zero-order valence-electron chi connectivity index (χ0n) is 7.38. The van der Waals surface area contributed by atoms with Crippen LogP contribution in [0, 0.1) is 5.82 Å². The fourth-order valence-electron chi connectivity index (χ4n) is 1.45. The lowest BCUT2D eigenvalue weighted by Gasteiger charge is -2.14. The van der Waals surface area contributed by atoms with Crippen molar-refractivity contribution in [1.82, 2.24) is 0 Å². The lowest BCUT2D eigenvalue weighted by Crippen LogP contribution is -2.09. The average Bonchev–Trinajstić information content (AvgIpc) is 2.48. The predicted octanol–water partition coefficient (Wildman–Crippen LogP) is 2.40. The van der Waals surface area contributed by atoms with Crippen molar-refractivity contribution in [2.24, 2.45) is 0 Å². The highest BCUT2D eigenvalue weighted by Gasteiger charge is 2.20. The number of fused-ring (bicyclic) bond motifs is 1. The van der Waals surface area contributed by atoms with Gasteiger partial charge in [0.2, 0.25) is 0 Å². The minimum atomic E-state index is -0.320. The van der Waals surface area contributed by atoms with Gasteiger partial charge in [0.05, 0.1) is 11.4 Å². The number of rotatable bonds is 1. The van der Waals surface area contributed by atoms with Crippen molar-refractivity contribution >= 4 is 23.3 Å². The van der Waals surface area contributed by atoms with Crippen LogP contribution in [-0.2, 0) is 5.75 Å². The molecule has 0 saturated carbocycles. The molecule has 13 heavy (non-hydrogen) atoms. The summed E-state index contributed by atoms with van der Waals surface area (Å²) in [6.45, 7) is 2.94. The first-order valence-electron chi connectivity index (χ1n) is 4.20. The molecule has 1 aliphatic rings. The van der Waals surface area contributed by atoms with Gasteiger partial charge in [-0.2, -0.15) is 0 Å². The second-order valence-electron chi connectivity index (χ2n) is 2.97. The largest absolute Gasteiger partial charge is 0.396 e. The number of halogens is 1. The summed E-state index contributed by atoms with van der Waals surface area (Å²) in [6.07, 6.45) is 0. The fraction of sp³-hybridized carbons (Fsp3) is 0.333. The van der Waals surface area contributed by atoms with E-state index in [0.29, 0.717) is 0 Å². The van der Waals surface area contributed by atoms with Gasteiger partial charge >= 0.3 is 0 Å². The number of hydrogen-bond acceptors (Lipinski definition) is 3. The van der Waals surface area contributed by atoms with Crippen LogP contribution in [0.15, 0.2) is 12.1 Å². The Hall–Kier alpha value is -0.900. The first kappa shape index (κ1) is 8.69. The molecule has 2 rings (SSSR count). The van der Waals surface area contributed by atoms with Gasteiger partial charge in [-0.05, 0) is 30.5 Å². The van der Waals surface area contributed by atoms with Crippen molar-refractivity contribution in [3.8, 4) is 0 Å². The highest BCUT2D eigenvalue weighted by Crippen LogP contribution is 2.39. The molecule has 0 amide bonds. The molecule has 0 atom stereocenters. The quantitative estimate of drug-likeness (QED) is 0.555. The van der Waals surface area contributed by atoms with Gasteiger partial charge < -0.3 is 10.0 Å². The van der Waals surface area contributed by atoms with Crippen LogP contribution in [0.25, 0.3) is 0 Å². The van der Waals surface area contributed by atoms with Crippen molar-refractivity contribution in [3.63, 3.8) is 0 Å². The number of nitrogens with zero attached hydrogens (tertiary/aromatic N) is 1. The summed E-state index contributed by atoms with van der Waals surface area (Å²) in [5, 5.41) is 0. The summed E-state index contributed by atoms with van der Waals surface area (Å²) >= 11 is 1.70. The molecular formula is C9H11FN2S. The average molecular weight is 198 g/mol. The van der Waals surface area contributed by atoms with E-state index in [9.17, 15) is 4.39 Å². The standard InChI is InChI=1S/C9H11FN2S/c1-2-12-9-4-7(10)8(11)3-6(9)5-13-12/h3-4H,2,5,11H2,1H3. The summed E-state index contributed by atoms with van der Waals surface area (Å²) < 4.78 is 15.2. The molecule has 0 saturated heterocycles. The summed E-state index contributed by atoms with van der Waals surface area (Å²) in [5.74, 6) is 0.577. The lowest BCUT2D eigenvalue weighted by molar-refractivity contribution is 0.632. The molecule has 2 N–H and O–H groups in total. The molecule has 4 heteroatoms. The zero-order valence-corrected chi connectivity index (χ0v) is 8.20. The number of nitrogens with two attached hydrogens (primary N) is 1. The molecule has 0 radical (unpaired) electrons. The molecule has 0 fully saturated rings. The van der Waals surface area contributed by atoms with Crippen LogP contribution in [0.1, 0.15) is 12.5 Å². The molecule has 0 aromatic heterocycles. The lowest BCUT2D eigenvalue weighted by atomic mass is 10.1. The zero-order chi connectivity index (χ0) is 9.42. The SMILES string of the molecule is CCN1SCc2cc(N)c(F)cc21. The van der Waals surface area contributed by atoms with Crippen molar-refractivity contribution in [1.29, 1.82) is 0 Å². The van der Waals surface area contributed by atoms with Crippen LogP contribution in [0.4, 0.5) is 15.8 Å². The van der Waals surface area contributed by atoms with Crippen LogP contribution in [0.3, 0.4) is 0 Å². The van der Waals surface area contributed by atoms with Crippen molar-refractivity contribution in [2.75, 3.05) is 16.6 Å². The molecule has 1 aromatic rings. The summed E-state index contributed by atoms with van der Waals surface area (Å²) in [4.78, 5) is 0. The summed E-state index contributed by atoms with van der Waals surface area (Å²) in [5.41, 5.74) is 7.83. The molecule has 1 heterocycles. The van der Waals surface area contributed by atoms with Gasteiger partial charge in [-0.15, -0.1) is 0 Å². The van der Waals surface area contributed by atoms with Crippen molar-refractivity contribution in [3.05, 3.63) is 23.5 Å². The Morgan fingerprint density at radius 2 is 2.38 bits per heavy atom. The van der Waals surface area contributed by atoms with Crippen molar-refractivity contribution < 1.29 is 4.39 Å². The molecule has 2 nitrogen and oxygen atoms in total. The van der Waals surface area contributed by atoms with E-state index in [4.69, 9.17) is 5.73 Å². The first-order valence-corrected chi connectivity index (χ1v) is 5.15. The molecule has 1 aromatic carbocycles. The number of nitrogen functional groups attached to an aromatic ring is 1. The Kier molecular flexibility index (Phi) is 2.07. The Labute approximate surface area is 81.0 Å². The van der Waals surface area contributed by atoms with Gasteiger partial charge in [-0.3, -0.25) is 0 Å². The minimum absolute atomic E-state index is 0.248. The van der Waals surface area contributed by atoms with Crippen LogP contribution in [0.5, 0.6) is 0 Å². The maximum absolute atomic E-state index is 13.1. The Morgan fingerprint density at radius 3 is 3.08 bits per heavy atom. The number of benzene rings is 1. The van der Waals surface area contributed by atoms with E-state index in [1.807, 2.05) is 0 Å². The van der Waals surface area contributed by atoms with E-state index in [2.05, 4.69) is 11.2 Å². The third kappa shape index (κ3) is 1.35. The predicted molar refractivity (Wildman–Crippen MR) is 55.1 cm³/mol. The van der Waals surface area contributed by atoms with E-state index < -0.39 is 0 Å². The molecule has 0 unspecified atom stereocenters. The van der Waals surface area contributed by atoms with Gasteiger partial charge in [-0.25, -0.2) is 4.39 Å². The maximum atomic E-state index is 13.1. The van der Waals surface area contributed by atoms with E-state index in [0.717, 1.165) is 23.5 Å². The summed E-state index contributed by atoms with van der Waals surface area (Å²) in [7, 11) is 0. The molecule has 0 bridgehead atoms. The third-order valence-corrected chi connectivity index (χ3v) is 3.34. The smallest absolute Gasteiger partial charge is 0.148 e. The highest BCUT2D eigenvalue weighted by molar-refractivity contribution is 8.00. The van der Waals surface area contributed by atoms with E-state index in [1.54, 1.807) is 18.0 Å². The monoisotopic (exact) mass is 198 g/mol. The number of anilines is 2. The minimum Gasteiger partial charge on any atom is -0.396 e. The Balaban J connectivity index is 2.47. The highest BCUT2D eigenvalue weighted by atomic mass is 32.2. The van der Waals surface area contributed by atoms with Gasteiger partial charge in [0.15, 0.2) is 0 Å². The third-order valence-electron chi connectivity index (χ3n) is 2.13. The fourth-order valence-corrected chi connectivity index (χ4v) is 2.47. The topological polar surface area (TPSA) is 29.3 Å².